The zero-order chi connectivity index (χ0) is 50.5. The van der Waals surface area contributed by atoms with E-state index in [0.29, 0.717) is 6.42 Å². The van der Waals surface area contributed by atoms with Gasteiger partial charge in [0.1, 0.15) is 42.0 Å². The number of ketones is 1. The Hall–Kier alpha value is -3.03. The van der Waals surface area contributed by atoms with Crippen LogP contribution in [0, 0.1) is 5.41 Å². The lowest BCUT2D eigenvalue weighted by atomic mass is 9.87. The van der Waals surface area contributed by atoms with Crippen LogP contribution in [0.2, 0.25) is 0 Å². The van der Waals surface area contributed by atoms with Gasteiger partial charge in [-0.2, -0.15) is 4.31 Å². The predicted molar refractivity (Wildman–Crippen MR) is 247 cm³/mol. The van der Waals surface area contributed by atoms with Crippen molar-refractivity contribution >= 4 is 74.9 Å². The Morgan fingerprint density at radius 3 is 2.24 bits per heavy atom. The van der Waals surface area contributed by atoms with Gasteiger partial charge in [-0.3, -0.25) is 37.3 Å². The van der Waals surface area contributed by atoms with E-state index >= 15 is 0 Å². The van der Waals surface area contributed by atoms with E-state index in [1.807, 2.05) is 0 Å². The maximum atomic E-state index is 12.7. The second-order valence-corrected chi connectivity index (χ2v) is 22.0. The van der Waals surface area contributed by atoms with E-state index < -0.39 is 84.6 Å². The SMILES string of the molecule is CCCCCC/C=C/CCCCCCCC(=O)CC(=O)SCCNC(=O)CCNC(=O)C(O)C(C)(C)COP(=O)(O)OP(=O)(O)OCC1OC(n2cnc3c(N)ncnc32)C(O)C1OP(=O)(O)O. The first-order valence-electron chi connectivity index (χ1n) is 22.2. The Balaban J connectivity index is 1.32. The summed E-state index contributed by atoms with van der Waals surface area (Å²) in [6.45, 7) is 2.53. The number of nitrogens with zero attached hydrogens (tertiary/aromatic N) is 4. The summed E-state index contributed by atoms with van der Waals surface area (Å²) in [6, 6.07) is 0. The van der Waals surface area contributed by atoms with Gasteiger partial charge < -0.3 is 50.9 Å². The minimum Gasteiger partial charge on any atom is -0.386 e. The number of hydrogen-bond donors (Lipinski definition) is 9. The summed E-state index contributed by atoms with van der Waals surface area (Å²) >= 11 is 0.933. The number of nitrogens with one attached hydrogen (secondary N) is 2. The Morgan fingerprint density at radius 2 is 1.56 bits per heavy atom. The van der Waals surface area contributed by atoms with Crippen LogP contribution in [0.15, 0.2) is 24.8 Å². The molecule has 1 aliphatic heterocycles. The number of carbonyl (C=O) groups is 4. The van der Waals surface area contributed by atoms with Crippen molar-refractivity contribution < 1.29 is 85.3 Å². The summed E-state index contributed by atoms with van der Waals surface area (Å²) in [5.74, 6) is -1.41. The van der Waals surface area contributed by atoms with Crippen molar-refractivity contribution in [2.45, 2.75) is 141 Å². The Kier molecular flexibility index (Phi) is 25.0. The van der Waals surface area contributed by atoms with E-state index in [1.54, 1.807) is 0 Å². The first-order valence-corrected chi connectivity index (χ1v) is 27.7. The minimum atomic E-state index is -5.59. The molecular weight excluding hydrogens is 979 g/mol. The number of rotatable bonds is 34. The van der Waals surface area contributed by atoms with Gasteiger partial charge in [0.2, 0.25) is 11.8 Å². The Labute approximate surface area is 398 Å². The molecule has 25 nitrogen and oxygen atoms in total. The molecule has 68 heavy (non-hydrogen) atoms. The van der Waals surface area contributed by atoms with Gasteiger partial charge in [-0.25, -0.2) is 28.6 Å². The number of amides is 2. The van der Waals surface area contributed by atoms with Gasteiger partial charge >= 0.3 is 23.5 Å². The van der Waals surface area contributed by atoms with E-state index in [1.165, 1.54) is 39.5 Å². The third-order valence-corrected chi connectivity index (χ3v) is 14.3. The molecule has 3 heterocycles. The number of Topliss-reactive ketones (excluding diaryl/α,β-unsaturated/α-hetero) is 1. The maximum absolute atomic E-state index is 12.7. The van der Waals surface area contributed by atoms with E-state index in [9.17, 15) is 62.7 Å². The Bertz CT molecular complexity index is 2130. The number of hydrogen-bond acceptors (Lipinski definition) is 19. The number of nitrogen functional groups attached to an aromatic ring is 1. The number of aliphatic hydroxyl groups excluding tert-OH is 2. The lowest BCUT2D eigenvalue weighted by Crippen LogP contribution is -2.46. The maximum Gasteiger partial charge on any atom is 0.481 e. The number of unbranched alkanes of at least 4 members (excludes halogenated alkanes) is 9. The third kappa shape index (κ3) is 21.5. The molecule has 1 saturated heterocycles. The quantitative estimate of drug-likeness (QED) is 0.0208. The standard InChI is InChI=1S/C39H66N7O18P3S/c1-4-5-6-7-8-9-10-11-12-13-14-15-16-17-27(47)22-30(49)68-21-20-41-29(48)18-19-42-37(52)34(51)39(2,3)24-61-67(58,59)64-66(56,57)60-23-28-33(63-65(53,54)55)32(50)38(62-28)46-26-45-31-35(40)43-25-44-36(31)46/h9-10,25-26,28,32-34,38,50-51H,4-8,11-24H2,1-3H3,(H,41,48)(H,42,52)(H,56,57)(H,58,59)(H2,40,43,44)(H2,53,54,55)/b10-9+. The number of anilines is 1. The molecule has 0 radical (unpaired) electrons. The lowest BCUT2D eigenvalue weighted by Gasteiger charge is -2.30. The molecule has 2 aromatic rings. The molecule has 0 spiro atoms. The fourth-order valence-corrected chi connectivity index (χ4v) is 10.2. The van der Waals surface area contributed by atoms with E-state index in [2.05, 4.69) is 53.5 Å². The molecule has 0 bridgehead atoms. The molecule has 0 aromatic carbocycles. The molecule has 1 aliphatic rings. The van der Waals surface area contributed by atoms with Crippen molar-refractivity contribution in [3.63, 3.8) is 0 Å². The monoisotopic (exact) mass is 1050 g/mol. The van der Waals surface area contributed by atoms with Crippen LogP contribution in [-0.2, 0) is 55.5 Å². The number of phosphoric ester groups is 3. The highest BCUT2D eigenvalue weighted by atomic mass is 32.2. The van der Waals surface area contributed by atoms with Crippen molar-refractivity contribution in [1.82, 2.24) is 30.2 Å². The molecule has 29 heteroatoms. The van der Waals surface area contributed by atoms with Crippen LogP contribution in [0.3, 0.4) is 0 Å². The molecule has 2 aromatic heterocycles. The number of aliphatic hydroxyl groups is 2. The summed E-state index contributed by atoms with van der Waals surface area (Å²) in [5, 5.41) is 26.2. The number of thioether (sulfide) groups is 1. The van der Waals surface area contributed by atoms with Crippen LogP contribution >= 0.6 is 35.2 Å². The van der Waals surface area contributed by atoms with E-state index in [0.717, 1.165) is 73.9 Å². The molecule has 0 saturated carbocycles. The smallest absolute Gasteiger partial charge is 0.386 e. The van der Waals surface area contributed by atoms with Crippen LogP contribution in [-0.4, -0.2) is 128 Å². The molecule has 2 amide bonds. The van der Waals surface area contributed by atoms with E-state index in [4.69, 9.17) is 19.5 Å². The van der Waals surface area contributed by atoms with Gasteiger partial charge in [0, 0.05) is 37.1 Å². The molecule has 0 aliphatic carbocycles. The topological polar surface area (TPSA) is 381 Å². The van der Waals surface area contributed by atoms with Crippen LogP contribution in [0.4, 0.5) is 5.82 Å². The van der Waals surface area contributed by atoms with E-state index in [-0.39, 0.29) is 59.6 Å². The normalized spacial score (nSPS) is 20.0. The predicted octanol–water partition coefficient (Wildman–Crippen LogP) is 3.88. The van der Waals surface area contributed by atoms with Crippen LogP contribution in [0.1, 0.15) is 117 Å². The van der Waals surface area contributed by atoms with Crippen LogP contribution in [0.25, 0.3) is 11.2 Å². The first kappa shape index (κ1) is 59.3. The summed E-state index contributed by atoms with van der Waals surface area (Å²) in [6.07, 6.45) is 9.89. The molecule has 10 N–H and O–H groups in total. The molecule has 7 atom stereocenters. The van der Waals surface area contributed by atoms with Gasteiger partial charge in [0.05, 0.1) is 26.0 Å². The average molecular weight is 1050 g/mol. The van der Waals surface area contributed by atoms with Crippen molar-refractivity contribution in [2.75, 3.05) is 37.8 Å². The summed E-state index contributed by atoms with van der Waals surface area (Å²) in [7, 11) is -16.5. The fourth-order valence-electron chi connectivity index (χ4n) is 6.63. The number of aromatic nitrogens is 4. The molecule has 386 valence electrons. The molecular formula is C39H66N7O18P3S. The molecule has 3 rings (SSSR count). The minimum absolute atomic E-state index is 0.0256. The van der Waals surface area contributed by atoms with Crippen molar-refractivity contribution in [2.24, 2.45) is 5.41 Å². The molecule has 7 unspecified atom stereocenters. The molecule has 1 fully saturated rings. The van der Waals surface area contributed by atoms with Crippen LogP contribution < -0.4 is 16.4 Å². The van der Waals surface area contributed by atoms with Crippen molar-refractivity contribution in [3.05, 3.63) is 24.8 Å². The summed E-state index contributed by atoms with van der Waals surface area (Å²) in [4.78, 5) is 101. The number of allylic oxidation sites excluding steroid dienone is 2. The largest absolute Gasteiger partial charge is 0.481 e. The number of imidazole rings is 1. The van der Waals surface area contributed by atoms with Crippen molar-refractivity contribution in [1.29, 1.82) is 0 Å². The first-order chi connectivity index (χ1) is 31.9. The highest BCUT2D eigenvalue weighted by Gasteiger charge is 2.50. The van der Waals surface area contributed by atoms with Gasteiger partial charge in [-0.05, 0) is 32.1 Å². The second-order valence-electron chi connectivity index (χ2n) is 16.6. The van der Waals surface area contributed by atoms with Gasteiger partial charge in [0.25, 0.3) is 0 Å². The van der Waals surface area contributed by atoms with Gasteiger partial charge in [0.15, 0.2) is 22.8 Å². The zero-order valence-electron chi connectivity index (χ0n) is 38.3. The number of phosphoric acid groups is 3. The summed E-state index contributed by atoms with van der Waals surface area (Å²) in [5.41, 5.74) is 4.24. The lowest BCUT2D eigenvalue weighted by molar-refractivity contribution is -0.137. The number of fused-ring (bicyclic) bond motifs is 1. The fraction of sp³-hybridized carbons (Fsp3) is 0.718. The average Bonchev–Trinajstić information content (AvgIpc) is 3.82. The Morgan fingerprint density at radius 1 is 0.912 bits per heavy atom. The summed E-state index contributed by atoms with van der Waals surface area (Å²) < 4.78 is 62.4. The van der Waals surface area contributed by atoms with Crippen molar-refractivity contribution in [3.8, 4) is 0 Å². The highest BCUT2D eigenvalue weighted by Crippen LogP contribution is 2.61. The zero-order valence-corrected chi connectivity index (χ0v) is 41.8. The second kappa shape index (κ2) is 28.7. The van der Waals surface area contributed by atoms with Gasteiger partial charge in [-0.1, -0.05) is 83.2 Å². The number of carbonyl (C=O) groups excluding carboxylic acids is 4. The van der Waals surface area contributed by atoms with Gasteiger partial charge in [-0.15, -0.1) is 0 Å². The number of ether oxygens (including phenoxy) is 1. The highest BCUT2D eigenvalue weighted by molar-refractivity contribution is 8.13. The number of nitrogens with two attached hydrogens (primary N) is 1. The third-order valence-electron chi connectivity index (χ3n) is 10.3. The van der Waals surface area contributed by atoms with Crippen LogP contribution in [0.5, 0.6) is 0 Å².